The van der Waals surface area contributed by atoms with Gasteiger partial charge < -0.3 is 10.1 Å². The van der Waals surface area contributed by atoms with Crippen LogP contribution in [0.2, 0.25) is 0 Å². The highest BCUT2D eigenvalue weighted by atomic mass is 16.5. The van der Waals surface area contributed by atoms with E-state index in [9.17, 15) is 9.59 Å². The van der Waals surface area contributed by atoms with Gasteiger partial charge in [0.15, 0.2) is 0 Å². The molecular weight excluding hydrogens is 326 g/mol. The zero-order valence-corrected chi connectivity index (χ0v) is 16.2. The van der Waals surface area contributed by atoms with E-state index in [1.54, 1.807) is 0 Å². The largest absolute Gasteiger partial charge is 0.426 e. The molecule has 0 aliphatic carbocycles. The van der Waals surface area contributed by atoms with Crippen LogP contribution in [0.25, 0.3) is 0 Å². The summed E-state index contributed by atoms with van der Waals surface area (Å²) in [6, 6.07) is 13.2. The van der Waals surface area contributed by atoms with Crippen LogP contribution in [0, 0.1) is 13.8 Å². The second-order valence-corrected chi connectivity index (χ2v) is 7.63. The number of carbonyl (C=O) groups is 2. The van der Waals surface area contributed by atoms with Crippen molar-refractivity contribution in [1.82, 2.24) is 5.32 Å². The van der Waals surface area contributed by atoms with E-state index in [0.29, 0.717) is 11.3 Å². The third-order valence-corrected chi connectivity index (χ3v) is 4.05. The van der Waals surface area contributed by atoms with Crippen molar-refractivity contribution in [1.29, 1.82) is 0 Å². The number of benzene rings is 2. The second-order valence-electron chi connectivity index (χ2n) is 7.63. The van der Waals surface area contributed by atoms with Crippen molar-refractivity contribution >= 4 is 11.9 Å². The summed E-state index contributed by atoms with van der Waals surface area (Å²) in [5.74, 6) is -0.0142. The first-order chi connectivity index (χ1) is 12.1. The van der Waals surface area contributed by atoms with Gasteiger partial charge in [0.2, 0.25) is 0 Å². The standard InChI is InChI=1S/C22H27NO3/c1-15-12-16(2)14-19(13-15)26-20(24)10-11-23-21(25)17-6-8-18(9-7-17)22(3,4)5/h6-9,12-14H,10-11H2,1-5H3,(H,23,25). The lowest BCUT2D eigenvalue weighted by Crippen LogP contribution is -2.27. The van der Waals surface area contributed by atoms with Crippen LogP contribution in [0.3, 0.4) is 0 Å². The fourth-order valence-corrected chi connectivity index (χ4v) is 2.68. The van der Waals surface area contributed by atoms with Gasteiger partial charge in [-0.25, -0.2) is 0 Å². The molecule has 2 aromatic rings. The number of aryl methyl sites for hydroxylation is 2. The molecule has 0 bridgehead atoms. The Morgan fingerprint density at radius 2 is 1.54 bits per heavy atom. The Morgan fingerprint density at radius 3 is 2.08 bits per heavy atom. The minimum Gasteiger partial charge on any atom is -0.426 e. The fraction of sp³-hybridized carbons (Fsp3) is 0.364. The zero-order chi connectivity index (χ0) is 19.3. The van der Waals surface area contributed by atoms with Gasteiger partial charge in [0, 0.05) is 12.1 Å². The Bertz CT molecular complexity index is 766. The number of rotatable bonds is 5. The number of hydrogen-bond acceptors (Lipinski definition) is 3. The smallest absolute Gasteiger partial charge is 0.312 e. The van der Waals surface area contributed by atoms with Gasteiger partial charge in [-0.05, 0) is 60.2 Å². The van der Waals surface area contributed by atoms with E-state index in [4.69, 9.17) is 4.74 Å². The third-order valence-electron chi connectivity index (χ3n) is 4.05. The maximum absolute atomic E-state index is 12.2. The summed E-state index contributed by atoms with van der Waals surface area (Å²) in [7, 11) is 0. The van der Waals surface area contributed by atoms with Gasteiger partial charge in [-0.3, -0.25) is 9.59 Å². The molecule has 0 aromatic heterocycles. The van der Waals surface area contributed by atoms with Gasteiger partial charge in [0.1, 0.15) is 5.75 Å². The molecule has 0 saturated heterocycles. The lowest BCUT2D eigenvalue weighted by Gasteiger charge is -2.19. The molecule has 2 rings (SSSR count). The molecule has 0 aliphatic rings. The van der Waals surface area contributed by atoms with Gasteiger partial charge in [-0.15, -0.1) is 0 Å². The Kier molecular flexibility index (Phi) is 6.19. The predicted molar refractivity (Wildman–Crippen MR) is 104 cm³/mol. The van der Waals surface area contributed by atoms with Crippen molar-refractivity contribution in [3.63, 3.8) is 0 Å². The van der Waals surface area contributed by atoms with Gasteiger partial charge in [0.05, 0.1) is 6.42 Å². The SMILES string of the molecule is Cc1cc(C)cc(OC(=O)CCNC(=O)c2ccc(C(C)(C)C)cc2)c1. The Balaban J connectivity index is 1.83. The third kappa shape index (κ3) is 5.73. The molecule has 1 amide bonds. The quantitative estimate of drug-likeness (QED) is 0.643. The van der Waals surface area contributed by atoms with Crippen molar-refractivity contribution in [2.45, 2.75) is 46.5 Å². The van der Waals surface area contributed by atoms with E-state index in [2.05, 4.69) is 26.1 Å². The monoisotopic (exact) mass is 353 g/mol. The highest BCUT2D eigenvalue weighted by molar-refractivity contribution is 5.94. The summed E-state index contributed by atoms with van der Waals surface area (Å²) in [5.41, 5.74) is 3.89. The molecule has 1 N–H and O–H groups in total. The summed E-state index contributed by atoms with van der Waals surface area (Å²) < 4.78 is 5.33. The van der Waals surface area contributed by atoms with Crippen LogP contribution in [0.1, 0.15) is 54.2 Å². The van der Waals surface area contributed by atoms with E-state index >= 15 is 0 Å². The second kappa shape index (κ2) is 8.17. The molecule has 26 heavy (non-hydrogen) atoms. The van der Waals surface area contributed by atoms with Crippen LogP contribution in [-0.4, -0.2) is 18.4 Å². The van der Waals surface area contributed by atoms with E-state index in [1.807, 2.05) is 56.3 Å². The molecule has 0 fully saturated rings. The summed E-state index contributed by atoms with van der Waals surface area (Å²) >= 11 is 0. The van der Waals surface area contributed by atoms with E-state index in [-0.39, 0.29) is 30.3 Å². The lowest BCUT2D eigenvalue weighted by molar-refractivity contribution is -0.134. The maximum Gasteiger partial charge on any atom is 0.312 e. The fourth-order valence-electron chi connectivity index (χ4n) is 2.68. The van der Waals surface area contributed by atoms with Crippen molar-refractivity contribution in [3.05, 3.63) is 64.7 Å². The van der Waals surface area contributed by atoms with Crippen LogP contribution in [0.5, 0.6) is 5.75 Å². The molecule has 0 heterocycles. The number of amides is 1. The van der Waals surface area contributed by atoms with E-state index in [0.717, 1.165) is 11.1 Å². The van der Waals surface area contributed by atoms with Crippen LogP contribution in [0.4, 0.5) is 0 Å². The van der Waals surface area contributed by atoms with Crippen LogP contribution in [0.15, 0.2) is 42.5 Å². The number of esters is 1. The average Bonchev–Trinajstić information content (AvgIpc) is 2.53. The topological polar surface area (TPSA) is 55.4 Å². The first-order valence-electron chi connectivity index (χ1n) is 8.83. The lowest BCUT2D eigenvalue weighted by atomic mass is 9.87. The molecule has 0 unspecified atom stereocenters. The number of ether oxygens (including phenoxy) is 1. The van der Waals surface area contributed by atoms with Gasteiger partial charge in [0.25, 0.3) is 5.91 Å². The van der Waals surface area contributed by atoms with Crippen LogP contribution in [-0.2, 0) is 10.2 Å². The van der Waals surface area contributed by atoms with Crippen LogP contribution >= 0.6 is 0 Å². The minimum absolute atomic E-state index is 0.0485. The first-order valence-corrected chi connectivity index (χ1v) is 8.83. The van der Waals surface area contributed by atoms with Gasteiger partial charge in [-0.2, -0.15) is 0 Å². The molecule has 2 aromatic carbocycles. The van der Waals surface area contributed by atoms with Crippen molar-refractivity contribution in [2.75, 3.05) is 6.54 Å². The number of hydrogen-bond donors (Lipinski definition) is 1. The summed E-state index contributed by atoms with van der Waals surface area (Å²) in [6.45, 7) is 10.5. The maximum atomic E-state index is 12.2. The molecule has 0 atom stereocenters. The predicted octanol–water partition coefficient (Wildman–Crippen LogP) is 4.33. The molecule has 0 aliphatic heterocycles. The molecule has 4 heteroatoms. The van der Waals surface area contributed by atoms with Gasteiger partial charge in [-0.1, -0.05) is 39.0 Å². The first kappa shape index (κ1) is 19.7. The van der Waals surface area contributed by atoms with Crippen molar-refractivity contribution in [2.24, 2.45) is 0 Å². The minimum atomic E-state index is -0.363. The number of carbonyl (C=O) groups excluding carboxylic acids is 2. The normalized spacial score (nSPS) is 11.1. The Morgan fingerprint density at radius 1 is 0.962 bits per heavy atom. The molecule has 4 nitrogen and oxygen atoms in total. The Hall–Kier alpha value is -2.62. The number of nitrogens with one attached hydrogen (secondary N) is 1. The molecule has 0 saturated carbocycles. The summed E-state index contributed by atoms with van der Waals surface area (Å²) in [5, 5.41) is 2.76. The highest BCUT2D eigenvalue weighted by Gasteiger charge is 2.14. The van der Waals surface area contributed by atoms with Crippen molar-refractivity contribution < 1.29 is 14.3 Å². The van der Waals surface area contributed by atoms with Crippen LogP contribution < -0.4 is 10.1 Å². The van der Waals surface area contributed by atoms with E-state index in [1.165, 1.54) is 5.56 Å². The zero-order valence-electron chi connectivity index (χ0n) is 16.2. The Labute approximate surface area is 155 Å². The average molecular weight is 353 g/mol. The van der Waals surface area contributed by atoms with E-state index < -0.39 is 0 Å². The van der Waals surface area contributed by atoms with Gasteiger partial charge >= 0.3 is 5.97 Å². The summed E-state index contributed by atoms with van der Waals surface area (Å²) in [6.07, 6.45) is 0.124. The highest BCUT2D eigenvalue weighted by Crippen LogP contribution is 2.22. The molecule has 0 radical (unpaired) electrons. The summed E-state index contributed by atoms with van der Waals surface area (Å²) in [4.78, 5) is 24.1. The van der Waals surface area contributed by atoms with Crippen molar-refractivity contribution in [3.8, 4) is 5.75 Å². The molecule has 0 spiro atoms. The molecular formula is C22H27NO3. The molecule has 138 valence electrons.